The molecule has 0 aliphatic rings. The van der Waals surface area contributed by atoms with E-state index in [4.69, 9.17) is 16.3 Å². The summed E-state index contributed by atoms with van der Waals surface area (Å²) in [4.78, 5) is 38.2. The lowest BCUT2D eigenvalue weighted by Crippen LogP contribution is -2.36. The SMILES string of the molecule is CN(CC(=O)Nc1cccc(Cl)c1)C(=O)c1ccc(=O)n(CCOc2ccccc2)n1. The molecule has 0 saturated carbocycles. The van der Waals surface area contributed by atoms with Crippen LogP contribution in [-0.2, 0) is 11.3 Å². The highest BCUT2D eigenvalue weighted by Gasteiger charge is 2.17. The molecule has 8 nitrogen and oxygen atoms in total. The van der Waals surface area contributed by atoms with Crippen molar-refractivity contribution < 1.29 is 14.3 Å². The number of carbonyl (C=O) groups is 2. The molecule has 0 aliphatic heterocycles. The van der Waals surface area contributed by atoms with E-state index in [2.05, 4.69) is 10.4 Å². The standard InChI is InChI=1S/C22H21ClN4O4/c1-26(15-20(28)24-17-7-5-6-16(23)14-17)22(30)19-10-11-21(29)27(25-19)12-13-31-18-8-3-2-4-9-18/h2-11,14H,12-13,15H2,1H3,(H,24,28). The van der Waals surface area contributed by atoms with Crippen molar-refractivity contribution in [1.29, 1.82) is 0 Å². The Hall–Kier alpha value is -3.65. The number of nitrogens with zero attached hydrogens (tertiary/aromatic N) is 3. The van der Waals surface area contributed by atoms with Crippen LogP contribution >= 0.6 is 11.6 Å². The third-order valence-electron chi connectivity index (χ3n) is 4.24. The monoisotopic (exact) mass is 440 g/mol. The topological polar surface area (TPSA) is 93.5 Å². The first kappa shape index (κ1) is 22.0. The molecule has 1 heterocycles. The van der Waals surface area contributed by atoms with Crippen LogP contribution in [0, 0.1) is 0 Å². The summed E-state index contributed by atoms with van der Waals surface area (Å²) in [5, 5.41) is 7.28. The van der Waals surface area contributed by atoms with Gasteiger partial charge in [0.05, 0.1) is 13.1 Å². The summed E-state index contributed by atoms with van der Waals surface area (Å²) in [6, 6.07) is 18.5. The maximum absolute atomic E-state index is 12.7. The number of nitrogens with one attached hydrogen (secondary N) is 1. The minimum atomic E-state index is -0.487. The van der Waals surface area contributed by atoms with Gasteiger partial charge in [-0.1, -0.05) is 35.9 Å². The van der Waals surface area contributed by atoms with Gasteiger partial charge in [0.1, 0.15) is 18.1 Å². The number of halogens is 1. The number of rotatable bonds is 8. The Kier molecular flexibility index (Phi) is 7.40. The maximum atomic E-state index is 12.7. The Bertz CT molecular complexity index is 1120. The lowest BCUT2D eigenvalue weighted by atomic mass is 10.3. The van der Waals surface area contributed by atoms with Crippen LogP contribution in [-0.4, -0.2) is 46.7 Å². The van der Waals surface area contributed by atoms with Gasteiger partial charge in [0.25, 0.3) is 11.5 Å². The van der Waals surface area contributed by atoms with Crippen molar-refractivity contribution in [3.05, 3.63) is 87.8 Å². The molecule has 31 heavy (non-hydrogen) atoms. The maximum Gasteiger partial charge on any atom is 0.274 e. The van der Waals surface area contributed by atoms with Gasteiger partial charge >= 0.3 is 0 Å². The van der Waals surface area contributed by atoms with Gasteiger partial charge in [-0.3, -0.25) is 14.4 Å². The van der Waals surface area contributed by atoms with E-state index in [0.717, 1.165) is 4.68 Å². The number of benzene rings is 2. The third kappa shape index (κ3) is 6.42. The number of hydrogen-bond donors (Lipinski definition) is 1. The number of carbonyl (C=O) groups excluding carboxylic acids is 2. The number of para-hydroxylation sites is 1. The van der Waals surface area contributed by atoms with Crippen molar-refractivity contribution in [2.24, 2.45) is 0 Å². The average molecular weight is 441 g/mol. The molecule has 0 spiro atoms. The molecule has 3 aromatic rings. The predicted molar refractivity (Wildman–Crippen MR) is 117 cm³/mol. The fourth-order valence-electron chi connectivity index (χ4n) is 2.74. The Balaban J connectivity index is 1.59. The van der Waals surface area contributed by atoms with Crippen molar-refractivity contribution in [3.63, 3.8) is 0 Å². The summed E-state index contributed by atoms with van der Waals surface area (Å²) in [5.41, 5.74) is 0.232. The van der Waals surface area contributed by atoms with Gasteiger partial charge < -0.3 is 15.0 Å². The first-order valence-electron chi connectivity index (χ1n) is 9.49. The third-order valence-corrected chi connectivity index (χ3v) is 4.47. The minimum absolute atomic E-state index is 0.0531. The summed E-state index contributed by atoms with van der Waals surface area (Å²) < 4.78 is 6.74. The van der Waals surface area contributed by atoms with Crippen LogP contribution in [0.3, 0.4) is 0 Å². The molecule has 1 N–H and O–H groups in total. The molecular formula is C22H21ClN4O4. The van der Waals surface area contributed by atoms with Crippen molar-refractivity contribution >= 4 is 29.1 Å². The van der Waals surface area contributed by atoms with Crippen LogP contribution in [0.1, 0.15) is 10.5 Å². The summed E-state index contributed by atoms with van der Waals surface area (Å²) in [5.74, 6) is -0.199. The smallest absolute Gasteiger partial charge is 0.274 e. The van der Waals surface area contributed by atoms with Crippen molar-refractivity contribution in [1.82, 2.24) is 14.7 Å². The second kappa shape index (κ2) is 10.4. The van der Waals surface area contributed by atoms with Gasteiger partial charge in [0.2, 0.25) is 5.91 Å². The van der Waals surface area contributed by atoms with Crippen molar-refractivity contribution in [2.45, 2.75) is 6.54 Å². The number of likely N-dealkylation sites (N-methyl/N-ethyl adjacent to an activating group) is 1. The Morgan fingerprint density at radius 1 is 1.10 bits per heavy atom. The van der Waals surface area contributed by atoms with Gasteiger partial charge in [0, 0.05) is 23.8 Å². The molecule has 160 valence electrons. The van der Waals surface area contributed by atoms with Crippen molar-refractivity contribution in [3.8, 4) is 5.75 Å². The van der Waals surface area contributed by atoms with E-state index < -0.39 is 5.91 Å². The Labute approximate surface area is 184 Å². The van der Waals surface area contributed by atoms with Crippen LogP contribution in [0.5, 0.6) is 5.75 Å². The number of hydrogen-bond acceptors (Lipinski definition) is 5. The van der Waals surface area contributed by atoms with Crippen LogP contribution in [0.2, 0.25) is 5.02 Å². The fourth-order valence-corrected chi connectivity index (χ4v) is 2.93. The van der Waals surface area contributed by atoms with E-state index in [-0.39, 0.29) is 36.9 Å². The van der Waals surface area contributed by atoms with E-state index in [1.165, 1.54) is 24.1 Å². The van der Waals surface area contributed by atoms with Crippen LogP contribution < -0.4 is 15.6 Å². The average Bonchev–Trinajstić information content (AvgIpc) is 2.75. The molecule has 0 atom stereocenters. The molecule has 3 rings (SSSR count). The zero-order chi connectivity index (χ0) is 22.2. The molecule has 0 saturated heterocycles. The molecule has 2 aromatic carbocycles. The van der Waals surface area contributed by atoms with Gasteiger partial charge in [-0.05, 0) is 36.4 Å². The Morgan fingerprint density at radius 2 is 1.87 bits per heavy atom. The first-order valence-corrected chi connectivity index (χ1v) is 9.87. The molecule has 9 heteroatoms. The molecule has 0 unspecified atom stereocenters. The molecule has 2 amide bonds. The first-order chi connectivity index (χ1) is 14.9. The van der Waals surface area contributed by atoms with Crippen LogP contribution in [0.15, 0.2) is 71.5 Å². The molecule has 0 aliphatic carbocycles. The Morgan fingerprint density at radius 3 is 2.61 bits per heavy atom. The second-order valence-corrected chi connectivity index (χ2v) is 7.10. The van der Waals surface area contributed by atoms with Crippen LogP contribution in [0.4, 0.5) is 5.69 Å². The second-order valence-electron chi connectivity index (χ2n) is 6.66. The van der Waals surface area contributed by atoms with Crippen molar-refractivity contribution in [2.75, 3.05) is 25.5 Å². The number of anilines is 1. The summed E-state index contributed by atoms with van der Waals surface area (Å²) in [6.07, 6.45) is 0. The van der Waals surface area contributed by atoms with Gasteiger partial charge in [-0.25, -0.2) is 4.68 Å². The molecule has 0 radical (unpaired) electrons. The lowest BCUT2D eigenvalue weighted by Gasteiger charge is -2.17. The summed E-state index contributed by atoms with van der Waals surface area (Å²) >= 11 is 5.90. The minimum Gasteiger partial charge on any atom is -0.492 e. The largest absolute Gasteiger partial charge is 0.492 e. The van der Waals surface area contributed by atoms with Gasteiger partial charge in [-0.15, -0.1) is 0 Å². The zero-order valence-electron chi connectivity index (χ0n) is 16.8. The molecule has 1 aromatic heterocycles. The predicted octanol–water partition coefficient (Wildman–Crippen LogP) is 2.69. The summed E-state index contributed by atoms with van der Waals surface area (Å²) in [6.45, 7) is 0.198. The highest BCUT2D eigenvalue weighted by molar-refractivity contribution is 6.30. The van der Waals surface area contributed by atoms with E-state index in [9.17, 15) is 14.4 Å². The van der Waals surface area contributed by atoms with E-state index >= 15 is 0 Å². The highest BCUT2D eigenvalue weighted by Crippen LogP contribution is 2.14. The summed E-state index contributed by atoms with van der Waals surface area (Å²) in [7, 11) is 1.48. The highest BCUT2D eigenvalue weighted by atomic mass is 35.5. The van der Waals surface area contributed by atoms with Gasteiger partial charge in [0.15, 0.2) is 0 Å². The number of ether oxygens (including phenoxy) is 1. The number of amides is 2. The zero-order valence-corrected chi connectivity index (χ0v) is 17.6. The number of aromatic nitrogens is 2. The quantitative estimate of drug-likeness (QED) is 0.581. The molecular weight excluding hydrogens is 420 g/mol. The molecule has 0 bridgehead atoms. The lowest BCUT2D eigenvalue weighted by molar-refractivity contribution is -0.116. The van der Waals surface area contributed by atoms with Crippen LogP contribution in [0.25, 0.3) is 0 Å². The normalized spacial score (nSPS) is 10.4. The van der Waals surface area contributed by atoms with E-state index in [1.807, 2.05) is 18.2 Å². The fraction of sp³-hybridized carbons (Fsp3) is 0.182. The van der Waals surface area contributed by atoms with E-state index in [0.29, 0.717) is 16.5 Å². The van der Waals surface area contributed by atoms with Gasteiger partial charge in [-0.2, -0.15) is 5.10 Å². The molecule has 0 fully saturated rings. The van der Waals surface area contributed by atoms with E-state index in [1.54, 1.807) is 36.4 Å².